The molecule has 0 bridgehead atoms. The van der Waals surface area contributed by atoms with Crippen molar-refractivity contribution in [3.8, 4) is 0 Å². The van der Waals surface area contributed by atoms with Gasteiger partial charge in [-0.3, -0.25) is 4.79 Å². The summed E-state index contributed by atoms with van der Waals surface area (Å²) in [5.41, 5.74) is 3.36. The van der Waals surface area contributed by atoms with Gasteiger partial charge in [-0.15, -0.1) is 0 Å². The number of benzene rings is 1. The molecule has 1 fully saturated rings. The van der Waals surface area contributed by atoms with Gasteiger partial charge in [-0.2, -0.15) is 0 Å². The Kier molecular flexibility index (Phi) is 4.03. The molecular weight excluding hydrogens is 252 g/mol. The Morgan fingerprint density at radius 2 is 2.25 bits per heavy atom. The number of hydrogen-bond donors (Lipinski definition) is 1. The van der Waals surface area contributed by atoms with Crippen molar-refractivity contribution >= 4 is 5.91 Å². The number of nitrogens with one attached hydrogen (secondary N) is 1. The summed E-state index contributed by atoms with van der Waals surface area (Å²) in [5, 5.41) is 3.31. The number of carbonyl (C=O) groups excluding carboxylic acids is 1. The minimum Gasteiger partial charge on any atom is -0.376 e. The molecule has 1 aromatic carbocycles. The summed E-state index contributed by atoms with van der Waals surface area (Å²) in [6.45, 7) is 6.09. The number of hydrogen-bond acceptors (Lipinski definition) is 3. The SMILES string of the molecule is CCN(CC1CCCO1)C(=O)c1ccc2c(c1)CNC2. The van der Waals surface area contributed by atoms with E-state index in [1.807, 2.05) is 24.0 Å². The molecule has 0 aliphatic carbocycles. The molecule has 1 aromatic rings. The first-order valence-corrected chi connectivity index (χ1v) is 7.51. The zero-order chi connectivity index (χ0) is 13.9. The van der Waals surface area contributed by atoms with Crippen LogP contribution in [0.1, 0.15) is 41.3 Å². The maximum Gasteiger partial charge on any atom is 0.253 e. The normalized spacial score (nSPS) is 20.9. The second-order valence-corrected chi connectivity index (χ2v) is 5.57. The van der Waals surface area contributed by atoms with Crippen LogP contribution in [0.3, 0.4) is 0 Å². The summed E-state index contributed by atoms with van der Waals surface area (Å²) in [6.07, 6.45) is 2.40. The lowest BCUT2D eigenvalue weighted by molar-refractivity contribution is 0.0539. The van der Waals surface area contributed by atoms with Crippen LogP contribution in [-0.4, -0.2) is 36.6 Å². The maximum absolute atomic E-state index is 12.6. The number of ether oxygens (including phenoxy) is 1. The molecule has 4 nitrogen and oxygen atoms in total. The van der Waals surface area contributed by atoms with E-state index in [1.165, 1.54) is 11.1 Å². The maximum atomic E-state index is 12.6. The third kappa shape index (κ3) is 2.72. The molecule has 3 rings (SSSR count). The summed E-state index contributed by atoms with van der Waals surface area (Å²) in [5.74, 6) is 0.123. The van der Waals surface area contributed by atoms with Crippen molar-refractivity contribution in [1.29, 1.82) is 0 Å². The second kappa shape index (κ2) is 5.94. The van der Waals surface area contributed by atoms with E-state index in [0.717, 1.165) is 44.6 Å². The molecule has 1 atom stereocenters. The third-order valence-corrected chi connectivity index (χ3v) is 4.20. The topological polar surface area (TPSA) is 41.6 Å². The quantitative estimate of drug-likeness (QED) is 0.912. The summed E-state index contributed by atoms with van der Waals surface area (Å²) < 4.78 is 5.64. The molecule has 1 amide bonds. The lowest BCUT2D eigenvalue weighted by atomic mass is 10.1. The van der Waals surface area contributed by atoms with Gasteiger partial charge < -0.3 is 15.0 Å². The van der Waals surface area contributed by atoms with E-state index in [-0.39, 0.29) is 12.0 Å². The van der Waals surface area contributed by atoms with Crippen molar-refractivity contribution in [3.63, 3.8) is 0 Å². The van der Waals surface area contributed by atoms with Crippen LogP contribution >= 0.6 is 0 Å². The molecule has 108 valence electrons. The highest BCUT2D eigenvalue weighted by Crippen LogP contribution is 2.19. The predicted molar refractivity (Wildman–Crippen MR) is 77.5 cm³/mol. The van der Waals surface area contributed by atoms with Gasteiger partial charge in [0.2, 0.25) is 0 Å². The lowest BCUT2D eigenvalue weighted by Gasteiger charge is -2.24. The number of fused-ring (bicyclic) bond motifs is 1. The first kappa shape index (κ1) is 13.6. The smallest absolute Gasteiger partial charge is 0.253 e. The fourth-order valence-electron chi connectivity index (χ4n) is 3.00. The van der Waals surface area contributed by atoms with Crippen molar-refractivity contribution in [2.75, 3.05) is 19.7 Å². The highest BCUT2D eigenvalue weighted by atomic mass is 16.5. The monoisotopic (exact) mass is 274 g/mol. The molecule has 2 heterocycles. The average Bonchev–Trinajstić information content (AvgIpc) is 3.14. The fraction of sp³-hybridized carbons (Fsp3) is 0.562. The van der Waals surface area contributed by atoms with Crippen LogP contribution in [0, 0.1) is 0 Å². The molecule has 0 spiro atoms. The van der Waals surface area contributed by atoms with Gasteiger partial charge in [0.15, 0.2) is 0 Å². The number of carbonyl (C=O) groups is 1. The second-order valence-electron chi connectivity index (χ2n) is 5.57. The van der Waals surface area contributed by atoms with Gasteiger partial charge >= 0.3 is 0 Å². The van der Waals surface area contributed by atoms with E-state index in [4.69, 9.17) is 4.74 Å². The molecule has 1 unspecified atom stereocenters. The Bertz CT molecular complexity index is 495. The zero-order valence-electron chi connectivity index (χ0n) is 12.0. The number of likely N-dealkylation sites (N-methyl/N-ethyl adjacent to an activating group) is 1. The number of nitrogens with zero attached hydrogens (tertiary/aromatic N) is 1. The standard InChI is InChI=1S/C16H22N2O2/c1-2-18(11-15-4-3-7-20-15)16(19)12-5-6-13-9-17-10-14(13)8-12/h5-6,8,15,17H,2-4,7,9-11H2,1H3. The molecule has 0 aromatic heterocycles. The van der Waals surface area contributed by atoms with Gasteiger partial charge in [-0.25, -0.2) is 0 Å². The first-order chi connectivity index (χ1) is 9.78. The molecule has 1 saturated heterocycles. The van der Waals surface area contributed by atoms with Crippen molar-refractivity contribution < 1.29 is 9.53 Å². The van der Waals surface area contributed by atoms with Crippen LogP contribution in [0.2, 0.25) is 0 Å². The molecule has 4 heteroatoms. The van der Waals surface area contributed by atoms with Gasteiger partial charge in [-0.05, 0) is 43.0 Å². The third-order valence-electron chi connectivity index (χ3n) is 4.20. The number of amides is 1. The van der Waals surface area contributed by atoms with Crippen LogP contribution in [-0.2, 0) is 17.8 Å². The Morgan fingerprint density at radius 1 is 1.40 bits per heavy atom. The van der Waals surface area contributed by atoms with E-state index >= 15 is 0 Å². The van der Waals surface area contributed by atoms with Crippen LogP contribution in [0.15, 0.2) is 18.2 Å². The van der Waals surface area contributed by atoms with Crippen molar-refractivity contribution in [2.24, 2.45) is 0 Å². The van der Waals surface area contributed by atoms with Crippen LogP contribution in [0.4, 0.5) is 0 Å². The minimum atomic E-state index is 0.123. The van der Waals surface area contributed by atoms with Gasteiger partial charge in [0.1, 0.15) is 0 Å². The Labute approximate surface area is 120 Å². The van der Waals surface area contributed by atoms with Crippen LogP contribution in [0.25, 0.3) is 0 Å². The van der Waals surface area contributed by atoms with E-state index in [2.05, 4.69) is 11.4 Å². The Hall–Kier alpha value is -1.39. The molecular formula is C16H22N2O2. The first-order valence-electron chi connectivity index (χ1n) is 7.51. The molecule has 0 saturated carbocycles. The van der Waals surface area contributed by atoms with Gasteiger partial charge in [0, 0.05) is 38.3 Å². The lowest BCUT2D eigenvalue weighted by Crippen LogP contribution is -2.37. The van der Waals surface area contributed by atoms with E-state index in [0.29, 0.717) is 6.54 Å². The summed E-state index contributed by atoms with van der Waals surface area (Å²) in [4.78, 5) is 14.5. The average molecular weight is 274 g/mol. The highest BCUT2D eigenvalue weighted by molar-refractivity contribution is 5.94. The van der Waals surface area contributed by atoms with Crippen molar-refractivity contribution in [1.82, 2.24) is 10.2 Å². The molecule has 20 heavy (non-hydrogen) atoms. The van der Waals surface area contributed by atoms with Gasteiger partial charge in [-0.1, -0.05) is 6.07 Å². The summed E-state index contributed by atoms with van der Waals surface area (Å²) in [6, 6.07) is 6.06. The van der Waals surface area contributed by atoms with Crippen molar-refractivity contribution in [2.45, 2.75) is 39.0 Å². The highest BCUT2D eigenvalue weighted by Gasteiger charge is 2.23. The van der Waals surface area contributed by atoms with Crippen molar-refractivity contribution in [3.05, 3.63) is 34.9 Å². The molecule has 0 radical (unpaired) electrons. The van der Waals surface area contributed by atoms with E-state index in [9.17, 15) is 4.79 Å². The van der Waals surface area contributed by atoms with E-state index < -0.39 is 0 Å². The van der Waals surface area contributed by atoms with Gasteiger partial charge in [0.05, 0.1) is 6.10 Å². The minimum absolute atomic E-state index is 0.123. The largest absolute Gasteiger partial charge is 0.376 e. The Balaban J connectivity index is 1.72. The fourth-order valence-corrected chi connectivity index (χ4v) is 3.00. The van der Waals surface area contributed by atoms with Crippen LogP contribution < -0.4 is 5.32 Å². The molecule has 2 aliphatic rings. The molecule has 1 N–H and O–H groups in total. The molecule has 2 aliphatic heterocycles. The Morgan fingerprint density at radius 3 is 3.00 bits per heavy atom. The number of rotatable bonds is 4. The summed E-state index contributed by atoms with van der Waals surface area (Å²) >= 11 is 0. The zero-order valence-corrected chi connectivity index (χ0v) is 12.0. The summed E-state index contributed by atoms with van der Waals surface area (Å²) in [7, 11) is 0. The van der Waals surface area contributed by atoms with Crippen LogP contribution in [0.5, 0.6) is 0 Å². The van der Waals surface area contributed by atoms with Gasteiger partial charge in [0.25, 0.3) is 5.91 Å². The predicted octanol–water partition coefficient (Wildman–Crippen LogP) is 1.93. The van der Waals surface area contributed by atoms with E-state index in [1.54, 1.807) is 0 Å².